The van der Waals surface area contributed by atoms with Crippen LogP contribution in [-0.2, 0) is 0 Å². The van der Waals surface area contributed by atoms with E-state index in [4.69, 9.17) is 5.73 Å². The minimum Gasteiger partial charge on any atom is -0.330 e. The van der Waals surface area contributed by atoms with E-state index < -0.39 is 0 Å². The van der Waals surface area contributed by atoms with Crippen molar-refractivity contribution in [2.75, 3.05) is 13.1 Å². The van der Waals surface area contributed by atoms with E-state index in [9.17, 15) is 0 Å². The van der Waals surface area contributed by atoms with Gasteiger partial charge in [0.05, 0.1) is 0 Å². The Hall–Kier alpha value is -0.0800. The topological polar surface area (TPSA) is 38.0 Å². The Balaban J connectivity index is 2.12. The SMILES string of the molecule is CCCCC(C)NCC1CCCC1CN. The molecule has 3 N–H and O–H groups in total. The van der Waals surface area contributed by atoms with Crippen molar-refractivity contribution in [2.45, 2.75) is 58.4 Å². The van der Waals surface area contributed by atoms with Gasteiger partial charge in [-0.3, -0.25) is 0 Å². The first-order valence-electron chi connectivity index (χ1n) is 6.71. The summed E-state index contributed by atoms with van der Waals surface area (Å²) in [5.74, 6) is 1.63. The molecule has 3 atom stereocenters. The Bertz CT molecular complexity index is 159. The molecule has 0 aromatic heterocycles. The van der Waals surface area contributed by atoms with E-state index in [2.05, 4.69) is 19.2 Å². The van der Waals surface area contributed by atoms with Crippen molar-refractivity contribution in [1.29, 1.82) is 0 Å². The molecule has 0 bridgehead atoms. The van der Waals surface area contributed by atoms with Crippen LogP contribution in [-0.4, -0.2) is 19.1 Å². The fraction of sp³-hybridized carbons (Fsp3) is 1.00. The molecule has 2 heteroatoms. The zero-order valence-corrected chi connectivity index (χ0v) is 10.5. The second-order valence-electron chi connectivity index (χ2n) is 5.14. The summed E-state index contributed by atoms with van der Waals surface area (Å²) >= 11 is 0. The van der Waals surface area contributed by atoms with Crippen LogP contribution in [0.3, 0.4) is 0 Å². The number of unbranched alkanes of at least 4 members (excludes halogenated alkanes) is 1. The van der Waals surface area contributed by atoms with Crippen molar-refractivity contribution in [3.05, 3.63) is 0 Å². The van der Waals surface area contributed by atoms with Crippen LogP contribution in [0.15, 0.2) is 0 Å². The molecule has 90 valence electrons. The van der Waals surface area contributed by atoms with Crippen LogP contribution >= 0.6 is 0 Å². The first-order chi connectivity index (χ1) is 7.27. The van der Waals surface area contributed by atoms with Gasteiger partial charge in [0.2, 0.25) is 0 Å². The molecule has 1 fully saturated rings. The smallest absolute Gasteiger partial charge is 0.00388 e. The van der Waals surface area contributed by atoms with Crippen molar-refractivity contribution in [3.8, 4) is 0 Å². The standard InChI is InChI=1S/C13H28N2/c1-3-4-6-11(2)15-10-13-8-5-7-12(13)9-14/h11-13,15H,3-10,14H2,1-2H3. The van der Waals surface area contributed by atoms with E-state index >= 15 is 0 Å². The molecule has 1 saturated carbocycles. The van der Waals surface area contributed by atoms with E-state index in [0.29, 0.717) is 6.04 Å². The highest BCUT2D eigenvalue weighted by Gasteiger charge is 2.25. The maximum absolute atomic E-state index is 5.78. The normalized spacial score (nSPS) is 28.2. The summed E-state index contributed by atoms with van der Waals surface area (Å²) in [5, 5.41) is 3.67. The van der Waals surface area contributed by atoms with E-state index in [1.807, 2.05) is 0 Å². The van der Waals surface area contributed by atoms with Crippen LogP contribution in [0.5, 0.6) is 0 Å². The molecule has 0 aromatic rings. The number of rotatable bonds is 7. The van der Waals surface area contributed by atoms with Crippen LogP contribution in [0.4, 0.5) is 0 Å². The van der Waals surface area contributed by atoms with Crippen molar-refractivity contribution >= 4 is 0 Å². The molecule has 3 unspecified atom stereocenters. The van der Waals surface area contributed by atoms with Gasteiger partial charge in [-0.1, -0.05) is 26.2 Å². The Kier molecular flexibility index (Phi) is 6.26. The molecule has 1 aliphatic rings. The highest BCUT2D eigenvalue weighted by Crippen LogP contribution is 2.30. The van der Waals surface area contributed by atoms with Gasteiger partial charge < -0.3 is 11.1 Å². The number of hydrogen-bond donors (Lipinski definition) is 2. The summed E-state index contributed by atoms with van der Waals surface area (Å²) < 4.78 is 0. The van der Waals surface area contributed by atoms with Crippen molar-refractivity contribution in [3.63, 3.8) is 0 Å². The predicted octanol–water partition coefficient (Wildman–Crippen LogP) is 2.53. The molecule has 2 nitrogen and oxygen atoms in total. The Labute approximate surface area is 95.0 Å². The van der Waals surface area contributed by atoms with Crippen LogP contribution in [0.2, 0.25) is 0 Å². The van der Waals surface area contributed by atoms with Crippen molar-refractivity contribution in [2.24, 2.45) is 17.6 Å². The number of nitrogens with two attached hydrogens (primary N) is 1. The first-order valence-corrected chi connectivity index (χ1v) is 6.71. The summed E-state index contributed by atoms with van der Waals surface area (Å²) in [5.41, 5.74) is 5.78. The van der Waals surface area contributed by atoms with Gasteiger partial charge >= 0.3 is 0 Å². The second-order valence-corrected chi connectivity index (χ2v) is 5.14. The molecule has 0 aliphatic heterocycles. The highest BCUT2D eigenvalue weighted by atomic mass is 14.9. The number of hydrogen-bond acceptors (Lipinski definition) is 2. The van der Waals surface area contributed by atoms with Gasteiger partial charge in [-0.25, -0.2) is 0 Å². The summed E-state index contributed by atoms with van der Waals surface area (Å²) in [6, 6.07) is 0.684. The third-order valence-electron chi connectivity index (χ3n) is 3.84. The minimum absolute atomic E-state index is 0.684. The van der Waals surface area contributed by atoms with Crippen molar-refractivity contribution < 1.29 is 0 Å². The fourth-order valence-corrected chi connectivity index (χ4v) is 2.66. The third-order valence-corrected chi connectivity index (χ3v) is 3.84. The van der Waals surface area contributed by atoms with Gasteiger partial charge in [-0.2, -0.15) is 0 Å². The van der Waals surface area contributed by atoms with Gasteiger partial charge in [0.25, 0.3) is 0 Å². The van der Waals surface area contributed by atoms with Gasteiger partial charge in [0.15, 0.2) is 0 Å². The quantitative estimate of drug-likeness (QED) is 0.680. The maximum Gasteiger partial charge on any atom is 0.00388 e. The molecule has 0 spiro atoms. The zero-order chi connectivity index (χ0) is 11.1. The van der Waals surface area contributed by atoms with Crippen LogP contribution in [0, 0.1) is 11.8 Å². The first kappa shape index (κ1) is 13.0. The largest absolute Gasteiger partial charge is 0.330 e. The summed E-state index contributed by atoms with van der Waals surface area (Å²) in [4.78, 5) is 0. The molecule has 1 rings (SSSR count). The second kappa shape index (κ2) is 7.24. The molecular weight excluding hydrogens is 184 g/mol. The molecule has 0 saturated heterocycles. The number of nitrogens with one attached hydrogen (secondary N) is 1. The minimum atomic E-state index is 0.684. The van der Waals surface area contributed by atoms with Crippen molar-refractivity contribution in [1.82, 2.24) is 5.32 Å². The molecular formula is C13H28N2. The highest BCUT2D eigenvalue weighted by molar-refractivity contribution is 4.80. The van der Waals surface area contributed by atoms with Gasteiger partial charge in [-0.05, 0) is 51.1 Å². The molecule has 0 aromatic carbocycles. The summed E-state index contributed by atoms with van der Waals surface area (Å²) in [7, 11) is 0. The lowest BCUT2D eigenvalue weighted by Gasteiger charge is -2.21. The lowest BCUT2D eigenvalue weighted by Crippen LogP contribution is -2.34. The molecule has 0 radical (unpaired) electrons. The Morgan fingerprint density at radius 2 is 2.07 bits per heavy atom. The van der Waals surface area contributed by atoms with E-state index in [-0.39, 0.29) is 0 Å². The lowest BCUT2D eigenvalue weighted by molar-refractivity contribution is 0.350. The molecule has 0 heterocycles. The maximum atomic E-state index is 5.78. The lowest BCUT2D eigenvalue weighted by atomic mass is 9.96. The average Bonchev–Trinajstić information content (AvgIpc) is 2.70. The fourth-order valence-electron chi connectivity index (χ4n) is 2.66. The summed E-state index contributed by atoms with van der Waals surface area (Å²) in [6.07, 6.45) is 8.09. The van der Waals surface area contributed by atoms with Crippen LogP contribution < -0.4 is 11.1 Å². The Morgan fingerprint density at radius 1 is 1.33 bits per heavy atom. The summed E-state index contributed by atoms with van der Waals surface area (Å²) in [6.45, 7) is 6.64. The van der Waals surface area contributed by atoms with Gasteiger partial charge in [0, 0.05) is 6.04 Å². The zero-order valence-electron chi connectivity index (χ0n) is 10.5. The van der Waals surface area contributed by atoms with E-state index in [0.717, 1.165) is 18.4 Å². The van der Waals surface area contributed by atoms with Crippen LogP contribution in [0.1, 0.15) is 52.4 Å². The van der Waals surface area contributed by atoms with Gasteiger partial charge in [0.1, 0.15) is 0 Å². The predicted molar refractivity (Wildman–Crippen MR) is 66.9 cm³/mol. The van der Waals surface area contributed by atoms with E-state index in [1.165, 1.54) is 45.1 Å². The third kappa shape index (κ3) is 4.52. The van der Waals surface area contributed by atoms with E-state index in [1.54, 1.807) is 0 Å². The molecule has 1 aliphatic carbocycles. The molecule has 0 amide bonds. The monoisotopic (exact) mass is 212 g/mol. The molecule has 15 heavy (non-hydrogen) atoms. The Morgan fingerprint density at radius 3 is 2.73 bits per heavy atom. The van der Waals surface area contributed by atoms with Crippen LogP contribution in [0.25, 0.3) is 0 Å². The van der Waals surface area contributed by atoms with Gasteiger partial charge in [-0.15, -0.1) is 0 Å². The average molecular weight is 212 g/mol.